The normalized spacial score (nSPS) is 30.7. The van der Waals surface area contributed by atoms with Crippen LogP contribution < -0.4 is 5.73 Å². The van der Waals surface area contributed by atoms with Crippen molar-refractivity contribution >= 4 is 11.6 Å². The first-order valence-electron chi connectivity index (χ1n) is 4.92. The van der Waals surface area contributed by atoms with Gasteiger partial charge in [0, 0.05) is 17.1 Å². The molecule has 4 heteroatoms. The Balaban J connectivity index is 2.20. The van der Waals surface area contributed by atoms with E-state index in [4.69, 9.17) is 26.8 Å². The Hall–Kier alpha value is -0.610. The van der Waals surface area contributed by atoms with Crippen molar-refractivity contribution in [3.8, 4) is 0 Å². The van der Waals surface area contributed by atoms with Gasteiger partial charge in [0.05, 0.1) is 12.7 Å². The SMILES string of the molecule is CC1(c2ccc(Cl)cc2)OCC(CN)O1. The van der Waals surface area contributed by atoms with Gasteiger partial charge in [-0.05, 0) is 19.1 Å². The molecule has 1 aliphatic rings. The standard InChI is InChI=1S/C11H14ClNO2/c1-11(14-7-10(6-13)15-11)8-2-4-9(12)5-3-8/h2-5,10H,6-7,13H2,1H3. The highest BCUT2D eigenvalue weighted by molar-refractivity contribution is 6.30. The summed E-state index contributed by atoms with van der Waals surface area (Å²) in [4.78, 5) is 0. The van der Waals surface area contributed by atoms with Crippen LogP contribution in [0.1, 0.15) is 12.5 Å². The van der Waals surface area contributed by atoms with Crippen LogP contribution >= 0.6 is 11.6 Å². The molecule has 2 rings (SSSR count). The fourth-order valence-electron chi connectivity index (χ4n) is 1.66. The molecule has 1 aromatic carbocycles. The number of ether oxygens (including phenoxy) is 2. The van der Waals surface area contributed by atoms with E-state index in [9.17, 15) is 0 Å². The molecule has 0 aliphatic carbocycles. The Bertz CT molecular complexity index is 341. The summed E-state index contributed by atoms with van der Waals surface area (Å²) in [5.74, 6) is -0.686. The number of nitrogens with two attached hydrogens (primary N) is 1. The Morgan fingerprint density at radius 1 is 1.47 bits per heavy atom. The van der Waals surface area contributed by atoms with Crippen LogP contribution in [0.2, 0.25) is 5.02 Å². The van der Waals surface area contributed by atoms with E-state index in [1.54, 1.807) is 0 Å². The zero-order valence-electron chi connectivity index (χ0n) is 8.57. The first kappa shape index (κ1) is 10.9. The largest absolute Gasteiger partial charge is 0.343 e. The highest BCUT2D eigenvalue weighted by Crippen LogP contribution is 2.33. The number of benzene rings is 1. The van der Waals surface area contributed by atoms with Gasteiger partial charge in [0.15, 0.2) is 5.79 Å². The van der Waals surface area contributed by atoms with Gasteiger partial charge in [-0.25, -0.2) is 0 Å². The van der Waals surface area contributed by atoms with Crippen LogP contribution in [-0.4, -0.2) is 19.3 Å². The lowest BCUT2D eigenvalue weighted by molar-refractivity contribution is -0.160. The van der Waals surface area contributed by atoms with Gasteiger partial charge in [0.2, 0.25) is 0 Å². The summed E-state index contributed by atoms with van der Waals surface area (Å²) in [5.41, 5.74) is 6.49. The maximum absolute atomic E-state index is 5.82. The van der Waals surface area contributed by atoms with E-state index in [0.29, 0.717) is 18.2 Å². The highest BCUT2D eigenvalue weighted by Gasteiger charge is 2.38. The zero-order valence-corrected chi connectivity index (χ0v) is 9.33. The van der Waals surface area contributed by atoms with Gasteiger partial charge in [0.1, 0.15) is 0 Å². The van der Waals surface area contributed by atoms with Crippen LogP contribution in [0.4, 0.5) is 0 Å². The van der Waals surface area contributed by atoms with E-state index < -0.39 is 5.79 Å². The average molecular weight is 228 g/mol. The van der Waals surface area contributed by atoms with Gasteiger partial charge in [-0.15, -0.1) is 0 Å². The summed E-state index contributed by atoms with van der Waals surface area (Å²) in [6.07, 6.45) is -0.0225. The number of hydrogen-bond donors (Lipinski definition) is 1. The molecule has 1 fully saturated rings. The van der Waals surface area contributed by atoms with E-state index in [1.165, 1.54) is 0 Å². The molecule has 1 aliphatic heterocycles. The van der Waals surface area contributed by atoms with Crippen molar-refractivity contribution in [3.05, 3.63) is 34.9 Å². The fourth-order valence-corrected chi connectivity index (χ4v) is 1.78. The van der Waals surface area contributed by atoms with Crippen LogP contribution in [0, 0.1) is 0 Å². The average Bonchev–Trinajstić information content (AvgIpc) is 2.62. The zero-order chi connectivity index (χ0) is 10.9. The Morgan fingerprint density at radius 3 is 2.67 bits per heavy atom. The first-order chi connectivity index (χ1) is 7.14. The van der Waals surface area contributed by atoms with Crippen LogP contribution in [0.5, 0.6) is 0 Å². The molecule has 0 saturated carbocycles. The second kappa shape index (κ2) is 4.10. The van der Waals surface area contributed by atoms with Gasteiger partial charge in [0.25, 0.3) is 0 Å². The van der Waals surface area contributed by atoms with Gasteiger partial charge in [-0.2, -0.15) is 0 Å². The summed E-state index contributed by atoms with van der Waals surface area (Å²) in [6, 6.07) is 7.46. The first-order valence-corrected chi connectivity index (χ1v) is 5.30. The third-order valence-corrected chi connectivity index (χ3v) is 2.82. The molecule has 3 nitrogen and oxygen atoms in total. The number of hydrogen-bond acceptors (Lipinski definition) is 3. The Kier molecular flexibility index (Phi) is 2.98. The molecule has 0 aromatic heterocycles. The minimum absolute atomic E-state index is 0.0225. The van der Waals surface area contributed by atoms with E-state index in [-0.39, 0.29) is 6.10 Å². The van der Waals surface area contributed by atoms with Crippen molar-refractivity contribution in [2.45, 2.75) is 18.8 Å². The Morgan fingerprint density at radius 2 is 2.13 bits per heavy atom. The molecule has 2 atom stereocenters. The molecule has 1 aromatic rings. The predicted octanol–water partition coefficient (Wildman–Crippen LogP) is 1.89. The molecule has 0 radical (unpaired) electrons. The van der Waals surface area contributed by atoms with Gasteiger partial charge >= 0.3 is 0 Å². The maximum Gasteiger partial charge on any atom is 0.192 e. The topological polar surface area (TPSA) is 44.5 Å². The quantitative estimate of drug-likeness (QED) is 0.839. The molecular weight excluding hydrogens is 214 g/mol. The van der Waals surface area contributed by atoms with Crippen molar-refractivity contribution in [2.75, 3.05) is 13.2 Å². The Labute approximate surface area is 94.1 Å². The predicted molar refractivity (Wildman–Crippen MR) is 58.7 cm³/mol. The van der Waals surface area contributed by atoms with Gasteiger partial charge in [-0.3, -0.25) is 0 Å². The lowest BCUT2D eigenvalue weighted by Gasteiger charge is -2.23. The summed E-state index contributed by atoms with van der Waals surface area (Å²) in [5, 5.41) is 0.704. The second-order valence-electron chi connectivity index (χ2n) is 3.74. The van der Waals surface area contributed by atoms with E-state index in [1.807, 2.05) is 31.2 Å². The van der Waals surface area contributed by atoms with Crippen LogP contribution in [0.3, 0.4) is 0 Å². The summed E-state index contributed by atoms with van der Waals surface area (Å²) in [6.45, 7) is 2.91. The number of rotatable bonds is 2. The minimum atomic E-state index is -0.686. The fraction of sp³-hybridized carbons (Fsp3) is 0.455. The lowest BCUT2D eigenvalue weighted by atomic mass is 10.1. The van der Waals surface area contributed by atoms with E-state index in [2.05, 4.69) is 0 Å². The molecule has 82 valence electrons. The number of halogens is 1. The summed E-state index contributed by atoms with van der Waals surface area (Å²) >= 11 is 5.82. The second-order valence-corrected chi connectivity index (χ2v) is 4.18. The van der Waals surface area contributed by atoms with Crippen molar-refractivity contribution in [1.82, 2.24) is 0 Å². The van der Waals surface area contributed by atoms with Crippen molar-refractivity contribution in [3.63, 3.8) is 0 Å². The lowest BCUT2D eigenvalue weighted by Crippen LogP contribution is -2.27. The smallest absolute Gasteiger partial charge is 0.192 e. The van der Waals surface area contributed by atoms with Crippen molar-refractivity contribution in [1.29, 1.82) is 0 Å². The van der Waals surface area contributed by atoms with Crippen LogP contribution in [0.25, 0.3) is 0 Å². The summed E-state index contributed by atoms with van der Waals surface area (Å²) < 4.78 is 11.4. The van der Waals surface area contributed by atoms with Crippen molar-refractivity contribution < 1.29 is 9.47 Å². The molecule has 1 heterocycles. The third-order valence-electron chi connectivity index (χ3n) is 2.57. The van der Waals surface area contributed by atoms with Crippen LogP contribution in [0.15, 0.2) is 24.3 Å². The highest BCUT2D eigenvalue weighted by atomic mass is 35.5. The van der Waals surface area contributed by atoms with Gasteiger partial charge < -0.3 is 15.2 Å². The molecular formula is C11H14ClNO2. The molecule has 15 heavy (non-hydrogen) atoms. The van der Waals surface area contributed by atoms with E-state index in [0.717, 1.165) is 5.56 Å². The van der Waals surface area contributed by atoms with Gasteiger partial charge in [-0.1, -0.05) is 23.7 Å². The molecule has 2 unspecified atom stereocenters. The monoisotopic (exact) mass is 227 g/mol. The molecule has 0 spiro atoms. The molecule has 0 bridgehead atoms. The molecule has 2 N–H and O–H groups in total. The molecule has 1 saturated heterocycles. The molecule has 0 amide bonds. The minimum Gasteiger partial charge on any atom is -0.343 e. The summed E-state index contributed by atoms with van der Waals surface area (Å²) in [7, 11) is 0. The third kappa shape index (κ3) is 2.16. The maximum atomic E-state index is 5.82. The van der Waals surface area contributed by atoms with Crippen LogP contribution in [-0.2, 0) is 15.3 Å². The van der Waals surface area contributed by atoms with E-state index >= 15 is 0 Å². The van der Waals surface area contributed by atoms with Crippen molar-refractivity contribution in [2.24, 2.45) is 5.73 Å².